The Labute approximate surface area is 127 Å². The summed E-state index contributed by atoms with van der Waals surface area (Å²) in [5.74, 6) is 0.622. The van der Waals surface area contributed by atoms with E-state index in [9.17, 15) is 0 Å². The highest BCUT2D eigenvalue weighted by Gasteiger charge is 2.07. The number of nitrogens with one attached hydrogen (secondary N) is 1. The monoisotopic (exact) mass is 299 g/mol. The topological polar surface area (TPSA) is 47.0 Å². The summed E-state index contributed by atoms with van der Waals surface area (Å²) >= 11 is 6.20. The first-order valence-corrected chi connectivity index (χ1v) is 6.92. The molecule has 0 radical (unpaired) electrons. The third-order valence-electron chi connectivity index (χ3n) is 3.23. The molecule has 3 aromatic rings. The minimum atomic E-state index is 0.602. The maximum Gasteiger partial charge on any atom is 0.218 e. The van der Waals surface area contributed by atoms with Crippen molar-refractivity contribution >= 4 is 28.2 Å². The van der Waals surface area contributed by atoms with E-state index in [1.807, 2.05) is 36.4 Å². The van der Waals surface area contributed by atoms with Crippen LogP contribution < -0.4 is 10.1 Å². The van der Waals surface area contributed by atoms with Crippen LogP contribution in [0.1, 0.15) is 5.56 Å². The molecule has 0 atom stereocenters. The summed E-state index contributed by atoms with van der Waals surface area (Å²) in [5.41, 5.74) is 2.77. The molecule has 0 spiro atoms. The average molecular weight is 300 g/mol. The van der Waals surface area contributed by atoms with Crippen molar-refractivity contribution in [2.75, 3.05) is 12.4 Å². The molecule has 0 saturated carbocycles. The number of hydrogen-bond donors (Lipinski definition) is 1. The van der Waals surface area contributed by atoms with Crippen molar-refractivity contribution in [3.05, 3.63) is 59.4 Å². The number of rotatable bonds is 4. The molecular formula is C16H14ClN3O. The second-order valence-electron chi connectivity index (χ2n) is 4.52. The summed E-state index contributed by atoms with van der Waals surface area (Å²) in [4.78, 5) is 8.59. The number of aromatic nitrogens is 2. The van der Waals surface area contributed by atoms with Crippen molar-refractivity contribution in [2.24, 2.45) is 0 Å². The van der Waals surface area contributed by atoms with E-state index >= 15 is 0 Å². The van der Waals surface area contributed by atoms with Crippen molar-refractivity contribution in [1.29, 1.82) is 0 Å². The van der Waals surface area contributed by atoms with Crippen LogP contribution in [-0.2, 0) is 6.54 Å². The molecule has 2 heterocycles. The molecule has 1 N–H and O–H groups in total. The van der Waals surface area contributed by atoms with Gasteiger partial charge in [0.1, 0.15) is 0 Å². The predicted molar refractivity (Wildman–Crippen MR) is 84.9 cm³/mol. The number of fused-ring (bicyclic) bond motifs is 1. The van der Waals surface area contributed by atoms with Gasteiger partial charge in [0.05, 0.1) is 23.3 Å². The molecule has 0 aliphatic rings. The fraction of sp³-hybridized carbons (Fsp3) is 0.125. The van der Waals surface area contributed by atoms with Gasteiger partial charge in [0, 0.05) is 29.9 Å². The van der Waals surface area contributed by atoms with E-state index in [-0.39, 0.29) is 0 Å². The van der Waals surface area contributed by atoms with E-state index in [4.69, 9.17) is 16.3 Å². The molecule has 0 bridgehead atoms. The Morgan fingerprint density at radius 2 is 1.90 bits per heavy atom. The first kappa shape index (κ1) is 13.6. The first-order valence-electron chi connectivity index (χ1n) is 6.54. The Morgan fingerprint density at radius 1 is 1.10 bits per heavy atom. The fourth-order valence-corrected chi connectivity index (χ4v) is 2.43. The Kier molecular flexibility index (Phi) is 3.88. The van der Waals surface area contributed by atoms with Crippen molar-refractivity contribution < 1.29 is 4.74 Å². The second-order valence-corrected chi connectivity index (χ2v) is 4.93. The van der Waals surface area contributed by atoms with Crippen molar-refractivity contribution in [1.82, 2.24) is 9.97 Å². The largest absolute Gasteiger partial charge is 0.481 e. The summed E-state index contributed by atoms with van der Waals surface area (Å²) < 4.78 is 5.25. The van der Waals surface area contributed by atoms with E-state index < -0.39 is 0 Å². The molecule has 0 saturated heterocycles. The van der Waals surface area contributed by atoms with E-state index in [0.29, 0.717) is 17.4 Å². The molecule has 0 aliphatic heterocycles. The molecule has 2 aromatic heterocycles. The Balaban J connectivity index is 1.91. The zero-order valence-electron chi connectivity index (χ0n) is 11.5. The van der Waals surface area contributed by atoms with Gasteiger partial charge in [-0.1, -0.05) is 17.7 Å². The number of anilines is 1. The summed E-state index contributed by atoms with van der Waals surface area (Å²) in [6.45, 7) is 0.602. The number of hydrogen-bond acceptors (Lipinski definition) is 4. The van der Waals surface area contributed by atoms with Crippen molar-refractivity contribution in [3.63, 3.8) is 0 Å². The van der Waals surface area contributed by atoms with Gasteiger partial charge in [-0.25, -0.2) is 4.98 Å². The molecule has 0 unspecified atom stereocenters. The molecule has 4 nitrogen and oxygen atoms in total. The fourth-order valence-electron chi connectivity index (χ4n) is 2.21. The standard InChI is InChI=1S/C16H14ClN3O/c1-21-16-11(4-2-9-19-16)10-20-14-7-6-13(17)12-5-3-8-18-15(12)14/h2-9,20H,10H2,1H3. The number of pyridine rings is 2. The predicted octanol–water partition coefficient (Wildman–Crippen LogP) is 3.90. The lowest BCUT2D eigenvalue weighted by molar-refractivity contribution is 0.393. The maximum atomic E-state index is 6.20. The molecule has 1 aromatic carbocycles. The number of benzene rings is 1. The minimum absolute atomic E-state index is 0.602. The molecule has 5 heteroatoms. The van der Waals surface area contributed by atoms with Crippen LogP contribution in [0.2, 0.25) is 5.02 Å². The highest BCUT2D eigenvalue weighted by Crippen LogP contribution is 2.28. The number of methoxy groups -OCH3 is 1. The Bertz CT molecular complexity index is 776. The summed E-state index contributed by atoms with van der Waals surface area (Å²) in [7, 11) is 1.62. The van der Waals surface area contributed by atoms with Gasteiger partial charge in [0.25, 0.3) is 0 Å². The lowest BCUT2D eigenvalue weighted by atomic mass is 10.2. The smallest absolute Gasteiger partial charge is 0.218 e. The van der Waals surface area contributed by atoms with Crippen LogP contribution >= 0.6 is 11.6 Å². The number of nitrogens with zero attached hydrogens (tertiary/aromatic N) is 2. The third-order valence-corrected chi connectivity index (χ3v) is 3.56. The molecular weight excluding hydrogens is 286 g/mol. The van der Waals surface area contributed by atoms with E-state index in [0.717, 1.165) is 22.2 Å². The van der Waals surface area contributed by atoms with Crippen molar-refractivity contribution in [3.8, 4) is 5.88 Å². The average Bonchev–Trinajstić information content (AvgIpc) is 2.55. The SMILES string of the molecule is COc1ncccc1CNc1ccc(Cl)c2cccnc12. The van der Waals surface area contributed by atoms with Crippen LogP contribution in [0.3, 0.4) is 0 Å². The zero-order chi connectivity index (χ0) is 14.7. The summed E-state index contributed by atoms with van der Waals surface area (Å²) in [6, 6.07) is 11.5. The van der Waals surface area contributed by atoms with Crippen LogP contribution in [0.15, 0.2) is 48.8 Å². The maximum absolute atomic E-state index is 6.20. The number of halogens is 1. The molecule has 106 valence electrons. The lowest BCUT2D eigenvalue weighted by Gasteiger charge is -2.11. The zero-order valence-corrected chi connectivity index (χ0v) is 12.3. The minimum Gasteiger partial charge on any atom is -0.481 e. The van der Waals surface area contributed by atoms with Gasteiger partial charge in [-0.05, 0) is 30.3 Å². The Hall–Kier alpha value is -2.33. The van der Waals surface area contributed by atoms with E-state index in [1.54, 1.807) is 19.5 Å². The summed E-state index contributed by atoms with van der Waals surface area (Å²) in [6.07, 6.45) is 3.47. The van der Waals surface area contributed by atoms with Crippen LogP contribution in [-0.4, -0.2) is 17.1 Å². The highest BCUT2D eigenvalue weighted by atomic mass is 35.5. The molecule has 0 fully saturated rings. The van der Waals surface area contributed by atoms with Gasteiger partial charge < -0.3 is 10.1 Å². The van der Waals surface area contributed by atoms with Gasteiger partial charge in [-0.2, -0.15) is 0 Å². The van der Waals surface area contributed by atoms with Gasteiger partial charge in [0.2, 0.25) is 5.88 Å². The van der Waals surface area contributed by atoms with Gasteiger partial charge in [-0.15, -0.1) is 0 Å². The van der Waals surface area contributed by atoms with E-state index in [1.165, 1.54) is 0 Å². The van der Waals surface area contributed by atoms with Crippen LogP contribution in [0, 0.1) is 0 Å². The second kappa shape index (κ2) is 5.97. The van der Waals surface area contributed by atoms with Crippen LogP contribution in [0.5, 0.6) is 5.88 Å². The van der Waals surface area contributed by atoms with Crippen molar-refractivity contribution in [2.45, 2.75) is 6.54 Å². The van der Waals surface area contributed by atoms with Gasteiger partial charge in [0.15, 0.2) is 0 Å². The first-order chi connectivity index (χ1) is 10.3. The number of ether oxygens (including phenoxy) is 1. The van der Waals surface area contributed by atoms with E-state index in [2.05, 4.69) is 15.3 Å². The van der Waals surface area contributed by atoms with Gasteiger partial charge in [-0.3, -0.25) is 4.98 Å². The summed E-state index contributed by atoms with van der Waals surface area (Å²) in [5, 5.41) is 4.99. The normalized spacial score (nSPS) is 10.6. The van der Waals surface area contributed by atoms with Crippen LogP contribution in [0.4, 0.5) is 5.69 Å². The quantitative estimate of drug-likeness (QED) is 0.793. The molecule has 3 rings (SSSR count). The molecule has 21 heavy (non-hydrogen) atoms. The van der Waals surface area contributed by atoms with Crippen LogP contribution in [0.25, 0.3) is 10.9 Å². The Morgan fingerprint density at radius 3 is 2.76 bits per heavy atom. The lowest BCUT2D eigenvalue weighted by Crippen LogP contribution is -2.03. The highest BCUT2D eigenvalue weighted by molar-refractivity contribution is 6.35. The third kappa shape index (κ3) is 2.76. The molecule has 0 amide bonds. The van der Waals surface area contributed by atoms with Gasteiger partial charge >= 0.3 is 0 Å². The molecule has 0 aliphatic carbocycles.